The molecule has 6 nitrogen and oxygen atoms in total. The summed E-state index contributed by atoms with van der Waals surface area (Å²) in [5.41, 5.74) is 2.48. The minimum absolute atomic E-state index is 0.0679. The van der Waals surface area contributed by atoms with Gasteiger partial charge in [0.25, 0.3) is 0 Å². The molecule has 1 N–H and O–H groups in total. The third-order valence-electron chi connectivity index (χ3n) is 8.18. The molecule has 0 bridgehead atoms. The predicted octanol–water partition coefficient (Wildman–Crippen LogP) is 5.63. The van der Waals surface area contributed by atoms with Crippen LogP contribution in [-0.2, 0) is 14.3 Å². The molecule has 1 aromatic carbocycles. The fourth-order valence-electron chi connectivity index (χ4n) is 6.64. The van der Waals surface area contributed by atoms with Crippen LogP contribution in [0.5, 0.6) is 0 Å². The van der Waals surface area contributed by atoms with Crippen molar-refractivity contribution in [2.75, 3.05) is 6.61 Å². The molecule has 2 aliphatic carbocycles. The monoisotopic (exact) mass is 492 g/mol. The van der Waals surface area contributed by atoms with E-state index in [0.717, 1.165) is 42.5 Å². The van der Waals surface area contributed by atoms with E-state index < -0.39 is 0 Å². The minimum atomic E-state index is -0.368. The lowest BCUT2D eigenvalue weighted by atomic mass is 9.57. The highest BCUT2D eigenvalue weighted by Crippen LogP contribution is 2.53. The third kappa shape index (κ3) is 5.01. The van der Waals surface area contributed by atoms with E-state index in [1.807, 2.05) is 31.2 Å². The minimum Gasteiger partial charge on any atom is -0.462 e. The molecule has 5 rings (SSSR count). The molecule has 190 valence electrons. The van der Waals surface area contributed by atoms with Crippen LogP contribution in [0, 0.1) is 35.4 Å². The van der Waals surface area contributed by atoms with Crippen molar-refractivity contribution in [2.45, 2.75) is 51.7 Å². The molecule has 0 spiro atoms. The van der Waals surface area contributed by atoms with E-state index in [4.69, 9.17) is 9.47 Å². The fourth-order valence-corrected chi connectivity index (χ4v) is 6.64. The molecule has 7 heteroatoms. The summed E-state index contributed by atoms with van der Waals surface area (Å²) in [4.78, 5) is 29.2. The molecule has 2 saturated carbocycles. The van der Waals surface area contributed by atoms with E-state index >= 15 is 0 Å². The first kappa shape index (κ1) is 24.5. The molecule has 0 unspecified atom stereocenters. The van der Waals surface area contributed by atoms with Gasteiger partial charge in [0.2, 0.25) is 0 Å². The number of fused-ring (bicyclic) bond motifs is 2. The second-order valence-electron chi connectivity index (χ2n) is 10.3. The molecule has 7 atom stereocenters. The number of alkyl carbamates (subject to hydrolysis) is 1. The number of halogens is 1. The van der Waals surface area contributed by atoms with Crippen molar-refractivity contribution in [3.8, 4) is 11.1 Å². The zero-order chi connectivity index (χ0) is 25.2. The molecule has 0 radical (unpaired) electrons. The molecule has 3 fully saturated rings. The molecule has 2 heterocycles. The molecule has 1 aliphatic heterocycles. The Morgan fingerprint density at radius 2 is 2.08 bits per heavy atom. The summed E-state index contributed by atoms with van der Waals surface area (Å²) in [6, 6.07) is 10.4. The largest absolute Gasteiger partial charge is 0.462 e. The number of esters is 1. The number of hydrogen-bond donors (Lipinski definition) is 1. The molecule has 1 aromatic heterocycles. The summed E-state index contributed by atoms with van der Waals surface area (Å²) >= 11 is 0. The molecule has 36 heavy (non-hydrogen) atoms. The number of allylic oxidation sites excluding steroid dienone is 1. The standard InChI is InChI=1S/C29H33FN2O4/c1-3-35-29(34)32-23-10-11-24-20(14-23)15-26-27(17(2)36-28(26)33)25(24)12-9-22-8-7-19(16-31-22)18-5-4-6-21(30)13-18/h4-9,12-13,16-17,20,23-27H,3,10-11,14-15H2,1-2H3,(H,32,34)/t17-,20+,23+,24+,25+,26+,27+/m1/s1. The summed E-state index contributed by atoms with van der Waals surface area (Å²) in [6.07, 6.45) is 9.07. The summed E-state index contributed by atoms with van der Waals surface area (Å²) in [6.45, 7) is 4.15. The number of nitrogens with zero attached hydrogens (tertiary/aromatic N) is 1. The number of rotatable bonds is 5. The molecule has 1 saturated heterocycles. The van der Waals surface area contributed by atoms with Crippen LogP contribution in [0.3, 0.4) is 0 Å². The Hall–Kier alpha value is -3.22. The zero-order valence-corrected chi connectivity index (χ0v) is 20.7. The van der Waals surface area contributed by atoms with Gasteiger partial charge in [-0.05, 0) is 87.1 Å². The number of aromatic nitrogens is 1. The smallest absolute Gasteiger partial charge is 0.407 e. The van der Waals surface area contributed by atoms with E-state index in [2.05, 4.69) is 16.4 Å². The summed E-state index contributed by atoms with van der Waals surface area (Å²) in [5, 5.41) is 3.00. The van der Waals surface area contributed by atoms with Gasteiger partial charge in [-0.15, -0.1) is 0 Å². The number of carbonyl (C=O) groups is 2. The van der Waals surface area contributed by atoms with Crippen LogP contribution in [0.15, 0.2) is 48.7 Å². The van der Waals surface area contributed by atoms with Crippen LogP contribution in [0.4, 0.5) is 9.18 Å². The summed E-state index contributed by atoms with van der Waals surface area (Å²) in [7, 11) is 0. The summed E-state index contributed by atoms with van der Waals surface area (Å²) < 4.78 is 24.3. The van der Waals surface area contributed by atoms with Gasteiger partial charge < -0.3 is 14.8 Å². The quantitative estimate of drug-likeness (QED) is 0.548. The number of carbonyl (C=O) groups excluding carboxylic acids is 2. The average Bonchev–Trinajstić information content (AvgIpc) is 3.15. The second kappa shape index (κ2) is 10.4. The zero-order valence-electron chi connectivity index (χ0n) is 20.7. The highest BCUT2D eigenvalue weighted by molar-refractivity contribution is 5.75. The van der Waals surface area contributed by atoms with E-state index in [0.29, 0.717) is 18.4 Å². The van der Waals surface area contributed by atoms with Crippen LogP contribution < -0.4 is 5.32 Å². The van der Waals surface area contributed by atoms with Crippen molar-refractivity contribution in [1.82, 2.24) is 10.3 Å². The lowest BCUT2D eigenvalue weighted by Crippen LogP contribution is -2.48. The maximum absolute atomic E-state index is 13.6. The highest BCUT2D eigenvalue weighted by atomic mass is 19.1. The Morgan fingerprint density at radius 3 is 2.83 bits per heavy atom. The number of cyclic esters (lactones) is 1. The Bertz CT molecular complexity index is 1130. The number of benzene rings is 1. The van der Waals surface area contributed by atoms with Gasteiger partial charge in [-0.1, -0.05) is 24.3 Å². The maximum Gasteiger partial charge on any atom is 0.407 e. The molecule has 3 aliphatic rings. The van der Waals surface area contributed by atoms with Crippen LogP contribution in [0.1, 0.15) is 45.2 Å². The van der Waals surface area contributed by atoms with Gasteiger partial charge in [0, 0.05) is 23.7 Å². The van der Waals surface area contributed by atoms with Gasteiger partial charge in [0.1, 0.15) is 11.9 Å². The van der Waals surface area contributed by atoms with E-state index in [1.54, 1.807) is 19.2 Å². The number of hydrogen-bond acceptors (Lipinski definition) is 5. The van der Waals surface area contributed by atoms with E-state index in [-0.39, 0.29) is 47.8 Å². The molecule has 2 aromatic rings. The number of nitrogens with one attached hydrogen (secondary N) is 1. The first-order valence-corrected chi connectivity index (χ1v) is 13.0. The fraction of sp³-hybridized carbons (Fsp3) is 0.483. The Morgan fingerprint density at radius 1 is 1.22 bits per heavy atom. The van der Waals surface area contributed by atoms with Crippen LogP contribution in [-0.4, -0.2) is 35.8 Å². The van der Waals surface area contributed by atoms with Crippen molar-refractivity contribution in [2.24, 2.45) is 29.6 Å². The third-order valence-corrected chi connectivity index (χ3v) is 8.18. The van der Waals surface area contributed by atoms with Gasteiger partial charge in [-0.2, -0.15) is 0 Å². The number of pyridine rings is 1. The summed E-state index contributed by atoms with van der Waals surface area (Å²) in [5.74, 6) is 0.629. The normalized spacial score (nSPS) is 31.4. The Labute approximate surface area is 211 Å². The van der Waals surface area contributed by atoms with Gasteiger partial charge in [-0.25, -0.2) is 9.18 Å². The second-order valence-corrected chi connectivity index (χ2v) is 10.3. The SMILES string of the molecule is CCOC(=O)N[C@H]1CC[C@H]2[C@@H](C1)C[C@@H]1C(=O)O[C@H](C)[C@H]1[C@H]2C=Cc1ccc(-c2cccc(F)c2)cn1. The van der Waals surface area contributed by atoms with Crippen molar-refractivity contribution in [1.29, 1.82) is 0 Å². The van der Waals surface area contributed by atoms with E-state index in [1.165, 1.54) is 12.1 Å². The molecular weight excluding hydrogens is 459 g/mol. The van der Waals surface area contributed by atoms with Crippen LogP contribution >= 0.6 is 0 Å². The Balaban J connectivity index is 1.34. The first-order valence-electron chi connectivity index (χ1n) is 13.0. The van der Waals surface area contributed by atoms with Crippen LogP contribution in [0.2, 0.25) is 0 Å². The molecule has 1 amide bonds. The topological polar surface area (TPSA) is 77.5 Å². The van der Waals surface area contributed by atoms with Gasteiger partial charge in [0.15, 0.2) is 0 Å². The number of amides is 1. The predicted molar refractivity (Wildman–Crippen MR) is 134 cm³/mol. The van der Waals surface area contributed by atoms with Gasteiger partial charge >= 0.3 is 12.1 Å². The van der Waals surface area contributed by atoms with Gasteiger partial charge in [-0.3, -0.25) is 9.78 Å². The van der Waals surface area contributed by atoms with Crippen LogP contribution in [0.25, 0.3) is 17.2 Å². The average molecular weight is 493 g/mol. The van der Waals surface area contributed by atoms with Crippen molar-refractivity contribution >= 4 is 18.1 Å². The van der Waals surface area contributed by atoms with Crippen molar-refractivity contribution < 1.29 is 23.5 Å². The van der Waals surface area contributed by atoms with Gasteiger partial charge in [0.05, 0.1) is 18.2 Å². The lowest BCUT2D eigenvalue weighted by molar-refractivity contribution is -0.144. The maximum atomic E-state index is 13.6. The Kier molecular flexibility index (Phi) is 7.08. The van der Waals surface area contributed by atoms with E-state index in [9.17, 15) is 14.0 Å². The number of ether oxygens (including phenoxy) is 2. The lowest BCUT2D eigenvalue weighted by Gasteiger charge is -2.47. The van der Waals surface area contributed by atoms with Crippen molar-refractivity contribution in [3.05, 3.63) is 60.2 Å². The molecular formula is C29H33FN2O4. The highest BCUT2D eigenvalue weighted by Gasteiger charge is 2.54. The first-order chi connectivity index (χ1) is 17.4. The van der Waals surface area contributed by atoms with Crippen molar-refractivity contribution in [3.63, 3.8) is 0 Å².